The van der Waals surface area contributed by atoms with E-state index in [0.717, 1.165) is 17.7 Å². The zero-order valence-corrected chi connectivity index (χ0v) is 15.8. The third-order valence-corrected chi connectivity index (χ3v) is 6.12. The number of rotatable bonds is 3. The zero-order chi connectivity index (χ0) is 19.0. The molecular formula is C25H23NO2. The Hall–Kier alpha value is -3.07. The first-order valence-electron chi connectivity index (χ1n) is 9.91. The lowest BCUT2D eigenvalue weighted by Gasteiger charge is -2.43. The van der Waals surface area contributed by atoms with Crippen LogP contribution in [0.1, 0.15) is 29.0 Å². The summed E-state index contributed by atoms with van der Waals surface area (Å²) in [7, 11) is 0. The Morgan fingerprint density at radius 2 is 1.61 bits per heavy atom. The topological polar surface area (TPSA) is 29.5 Å². The SMILES string of the molecule is O=C(Cc1ccccc1)N1CC[C@@]2(c3ccccc3)Oc3ccccc3[C@H]2C1. The lowest BCUT2D eigenvalue weighted by atomic mass is 9.74. The smallest absolute Gasteiger partial charge is 0.227 e. The van der Waals surface area contributed by atoms with Gasteiger partial charge in [0.25, 0.3) is 0 Å². The van der Waals surface area contributed by atoms with Gasteiger partial charge in [-0.05, 0) is 17.2 Å². The van der Waals surface area contributed by atoms with Crippen LogP contribution in [0.3, 0.4) is 0 Å². The average Bonchev–Trinajstić information content (AvgIpc) is 3.10. The van der Waals surface area contributed by atoms with Gasteiger partial charge in [-0.3, -0.25) is 4.79 Å². The molecule has 3 nitrogen and oxygen atoms in total. The molecule has 0 bridgehead atoms. The Balaban J connectivity index is 1.46. The predicted molar refractivity (Wildman–Crippen MR) is 109 cm³/mol. The molecule has 3 aromatic carbocycles. The summed E-state index contributed by atoms with van der Waals surface area (Å²) in [6, 6.07) is 28.8. The van der Waals surface area contributed by atoms with Crippen molar-refractivity contribution < 1.29 is 9.53 Å². The highest BCUT2D eigenvalue weighted by atomic mass is 16.5. The Morgan fingerprint density at radius 1 is 0.929 bits per heavy atom. The molecule has 1 fully saturated rings. The predicted octanol–water partition coefficient (Wildman–Crippen LogP) is 4.53. The average molecular weight is 369 g/mol. The second kappa shape index (κ2) is 6.83. The fourth-order valence-corrected chi connectivity index (χ4v) is 4.70. The van der Waals surface area contributed by atoms with E-state index in [1.807, 2.05) is 47.4 Å². The molecule has 5 rings (SSSR count). The first kappa shape index (κ1) is 17.1. The summed E-state index contributed by atoms with van der Waals surface area (Å²) < 4.78 is 6.59. The van der Waals surface area contributed by atoms with Gasteiger partial charge in [-0.1, -0.05) is 78.9 Å². The highest BCUT2D eigenvalue weighted by Crippen LogP contribution is 2.54. The van der Waals surface area contributed by atoms with Crippen molar-refractivity contribution in [2.45, 2.75) is 24.4 Å². The van der Waals surface area contributed by atoms with Crippen molar-refractivity contribution in [2.75, 3.05) is 13.1 Å². The largest absolute Gasteiger partial charge is 0.481 e. The van der Waals surface area contributed by atoms with Gasteiger partial charge in [0.1, 0.15) is 11.4 Å². The number of amides is 1. The molecule has 140 valence electrons. The van der Waals surface area contributed by atoms with Gasteiger partial charge < -0.3 is 9.64 Å². The maximum Gasteiger partial charge on any atom is 0.227 e. The van der Waals surface area contributed by atoms with Crippen molar-refractivity contribution in [3.63, 3.8) is 0 Å². The van der Waals surface area contributed by atoms with Gasteiger partial charge in [0.15, 0.2) is 0 Å². The van der Waals surface area contributed by atoms with Crippen LogP contribution in [0.2, 0.25) is 0 Å². The van der Waals surface area contributed by atoms with Gasteiger partial charge in [-0.15, -0.1) is 0 Å². The molecule has 1 amide bonds. The highest BCUT2D eigenvalue weighted by Gasteiger charge is 2.53. The summed E-state index contributed by atoms with van der Waals surface area (Å²) >= 11 is 0. The monoisotopic (exact) mass is 369 g/mol. The number of ether oxygens (including phenoxy) is 1. The van der Waals surface area contributed by atoms with Crippen molar-refractivity contribution >= 4 is 5.91 Å². The maximum absolute atomic E-state index is 13.0. The number of carbonyl (C=O) groups excluding carboxylic acids is 1. The van der Waals surface area contributed by atoms with Gasteiger partial charge in [-0.2, -0.15) is 0 Å². The van der Waals surface area contributed by atoms with Crippen molar-refractivity contribution in [3.05, 3.63) is 102 Å². The number of nitrogens with zero attached hydrogens (tertiary/aromatic N) is 1. The van der Waals surface area contributed by atoms with Crippen molar-refractivity contribution in [3.8, 4) is 5.75 Å². The molecule has 2 heterocycles. The summed E-state index contributed by atoms with van der Waals surface area (Å²) in [5.74, 6) is 1.30. The van der Waals surface area contributed by atoms with Crippen LogP contribution >= 0.6 is 0 Å². The Bertz CT molecular complexity index is 986. The van der Waals surface area contributed by atoms with Gasteiger partial charge in [0.2, 0.25) is 5.91 Å². The van der Waals surface area contributed by atoms with Crippen LogP contribution in [-0.2, 0) is 16.8 Å². The van der Waals surface area contributed by atoms with E-state index in [-0.39, 0.29) is 17.4 Å². The van der Waals surface area contributed by atoms with Crippen LogP contribution in [0, 0.1) is 0 Å². The molecule has 3 aromatic rings. The molecule has 3 heteroatoms. The minimum absolute atomic E-state index is 0.152. The number of fused-ring (bicyclic) bond motifs is 3. The first-order valence-corrected chi connectivity index (χ1v) is 9.91. The standard InChI is InChI=1S/C25H23NO2/c27-24(17-19-9-3-1-4-10-19)26-16-15-25(20-11-5-2-6-12-20)22(18-26)21-13-7-8-14-23(21)28-25/h1-14,22H,15-18H2/t22-,25+/m1/s1. The summed E-state index contributed by atoms with van der Waals surface area (Å²) in [5, 5.41) is 0. The molecular weight excluding hydrogens is 346 g/mol. The molecule has 1 saturated heterocycles. The van der Waals surface area contributed by atoms with E-state index in [1.54, 1.807) is 0 Å². The number of hydrogen-bond donors (Lipinski definition) is 0. The first-order chi connectivity index (χ1) is 13.8. The van der Waals surface area contributed by atoms with E-state index >= 15 is 0 Å². The highest BCUT2D eigenvalue weighted by molar-refractivity contribution is 5.79. The molecule has 0 spiro atoms. The number of hydrogen-bond acceptors (Lipinski definition) is 2. The molecule has 0 saturated carbocycles. The van der Waals surface area contributed by atoms with Gasteiger partial charge in [0.05, 0.1) is 6.42 Å². The Morgan fingerprint density at radius 3 is 2.39 bits per heavy atom. The number of carbonyl (C=O) groups is 1. The fourth-order valence-electron chi connectivity index (χ4n) is 4.70. The third kappa shape index (κ3) is 2.78. The Labute approximate surface area is 165 Å². The van der Waals surface area contributed by atoms with Crippen LogP contribution in [0.15, 0.2) is 84.9 Å². The van der Waals surface area contributed by atoms with Gasteiger partial charge in [0, 0.05) is 31.0 Å². The second-order valence-corrected chi connectivity index (χ2v) is 7.70. The molecule has 2 atom stereocenters. The van der Waals surface area contributed by atoms with Gasteiger partial charge >= 0.3 is 0 Å². The maximum atomic E-state index is 13.0. The van der Waals surface area contributed by atoms with Crippen molar-refractivity contribution in [1.82, 2.24) is 4.90 Å². The minimum Gasteiger partial charge on any atom is -0.481 e. The van der Waals surface area contributed by atoms with Gasteiger partial charge in [-0.25, -0.2) is 0 Å². The Kier molecular flexibility index (Phi) is 4.16. The summed E-state index contributed by atoms with van der Waals surface area (Å²) in [6.07, 6.45) is 1.26. The number of benzene rings is 3. The van der Waals surface area contributed by atoms with Crippen LogP contribution in [-0.4, -0.2) is 23.9 Å². The van der Waals surface area contributed by atoms with E-state index in [0.29, 0.717) is 19.5 Å². The molecule has 0 unspecified atom stereocenters. The quantitative estimate of drug-likeness (QED) is 0.679. The molecule has 0 radical (unpaired) electrons. The minimum atomic E-state index is -0.380. The van der Waals surface area contributed by atoms with E-state index < -0.39 is 0 Å². The van der Waals surface area contributed by atoms with Crippen LogP contribution in [0.5, 0.6) is 5.75 Å². The lowest BCUT2D eigenvalue weighted by molar-refractivity contribution is -0.134. The third-order valence-electron chi connectivity index (χ3n) is 6.12. The molecule has 28 heavy (non-hydrogen) atoms. The van der Waals surface area contributed by atoms with E-state index in [1.165, 1.54) is 11.1 Å². The number of para-hydroxylation sites is 1. The normalized spacial score (nSPS) is 22.9. The molecule has 0 aromatic heterocycles. The molecule has 0 N–H and O–H groups in total. The van der Waals surface area contributed by atoms with Crippen molar-refractivity contribution in [2.24, 2.45) is 0 Å². The molecule has 2 aliphatic rings. The van der Waals surface area contributed by atoms with Crippen LogP contribution in [0.4, 0.5) is 0 Å². The van der Waals surface area contributed by atoms with Crippen molar-refractivity contribution in [1.29, 1.82) is 0 Å². The van der Waals surface area contributed by atoms with E-state index in [4.69, 9.17) is 4.74 Å². The van der Waals surface area contributed by atoms with E-state index in [9.17, 15) is 4.79 Å². The summed E-state index contributed by atoms with van der Waals surface area (Å²) in [5.41, 5.74) is 3.10. The second-order valence-electron chi connectivity index (χ2n) is 7.70. The molecule has 0 aliphatic carbocycles. The zero-order valence-electron chi connectivity index (χ0n) is 15.8. The van der Waals surface area contributed by atoms with Crippen LogP contribution < -0.4 is 4.74 Å². The lowest BCUT2D eigenvalue weighted by Crippen LogP contribution is -2.51. The van der Waals surface area contributed by atoms with Crippen LogP contribution in [0.25, 0.3) is 0 Å². The fraction of sp³-hybridized carbons (Fsp3) is 0.240. The summed E-state index contributed by atoms with van der Waals surface area (Å²) in [4.78, 5) is 15.0. The summed E-state index contributed by atoms with van der Waals surface area (Å²) in [6.45, 7) is 1.41. The molecule has 2 aliphatic heterocycles. The number of likely N-dealkylation sites (tertiary alicyclic amines) is 1. The van der Waals surface area contributed by atoms with E-state index in [2.05, 4.69) is 42.5 Å². The number of piperidine rings is 1.